The quantitative estimate of drug-likeness (QED) is 0.663. The first-order valence-electron chi connectivity index (χ1n) is 5.89. The number of nitrogens with zero attached hydrogens (tertiary/aromatic N) is 2. The average Bonchev–Trinajstić information content (AvgIpc) is 2.26. The Bertz CT molecular complexity index is 236. The number of carbonyl (C=O) groups excluding carboxylic acids is 1. The molecule has 86 valence electrons. The number of amides is 1. The number of hydrogen-bond acceptors (Lipinski definition) is 3. The summed E-state index contributed by atoms with van der Waals surface area (Å²) in [6.45, 7) is 4.10. The van der Waals surface area contributed by atoms with Crippen molar-refractivity contribution in [2.75, 3.05) is 33.2 Å². The van der Waals surface area contributed by atoms with Crippen LogP contribution in [0.2, 0.25) is 0 Å². The molecule has 4 nitrogen and oxygen atoms in total. The van der Waals surface area contributed by atoms with Crippen LogP contribution >= 0.6 is 0 Å². The Morgan fingerprint density at radius 2 is 2.07 bits per heavy atom. The monoisotopic (exact) mass is 211 g/mol. The van der Waals surface area contributed by atoms with E-state index in [1.807, 2.05) is 4.90 Å². The lowest BCUT2D eigenvalue weighted by Crippen LogP contribution is -2.61. The Kier molecular flexibility index (Phi) is 3.26. The van der Waals surface area contributed by atoms with Crippen LogP contribution in [-0.4, -0.2) is 55.0 Å². The Morgan fingerprint density at radius 1 is 1.40 bits per heavy atom. The third-order valence-electron chi connectivity index (χ3n) is 3.69. The second-order valence-corrected chi connectivity index (χ2v) is 4.93. The van der Waals surface area contributed by atoms with Crippen molar-refractivity contribution in [3.63, 3.8) is 0 Å². The van der Waals surface area contributed by atoms with Crippen LogP contribution in [-0.2, 0) is 4.79 Å². The van der Waals surface area contributed by atoms with E-state index < -0.39 is 0 Å². The first-order valence-corrected chi connectivity index (χ1v) is 5.89. The maximum Gasteiger partial charge on any atom is 0.241 e. The topological polar surface area (TPSA) is 49.6 Å². The zero-order chi connectivity index (χ0) is 10.8. The van der Waals surface area contributed by atoms with Gasteiger partial charge in [-0.3, -0.25) is 4.79 Å². The van der Waals surface area contributed by atoms with Crippen LogP contribution in [0.5, 0.6) is 0 Å². The van der Waals surface area contributed by atoms with E-state index in [9.17, 15) is 4.79 Å². The molecule has 2 rings (SSSR count). The summed E-state index contributed by atoms with van der Waals surface area (Å²) in [5.41, 5.74) is 5.54. The Labute approximate surface area is 91.4 Å². The second kappa shape index (κ2) is 4.49. The van der Waals surface area contributed by atoms with E-state index in [4.69, 9.17) is 5.73 Å². The molecular formula is C11H21N3O. The highest BCUT2D eigenvalue weighted by atomic mass is 16.2. The number of rotatable bonds is 3. The van der Waals surface area contributed by atoms with Crippen molar-refractivity contribution in [3.8, 4) is 0 Å². The van der Waals surface area contributed by atoms with Crippen molar-refractivity contribution in [1.82, 2.24) is 9.80 Å². The van der Waals surface area contributed by atoms with Crippen LogP contribution in [0.3, 0.4) is 0 Å². The predicted molar refractivity (Wildman–Crippen MR) is 59.4 cm³/mol. The molecule has 0 aliphatic carbocycles. The lowest BCUT2D eigenvalue weighted by molar-refractivity contribution is -0.142. The maximum absolute atomic E-state index is 11.3. The van der Waals surface area contributed by atoms with E-state index in [0.717, 1.165) is 25.4 Å². The summed E-state index contributed by atoms with van der Waals surface area (Å²) in [6, 6.07) is -0.206. The van der Waals surface area contributed by atoms with Gasteiger partial charge in [-0.1, -0.05) is 0 Å². The molecule has 0 aromatic carbocycles. The van der Waals surface area contributed by atoms with Crippen molar-refractivity contribution in [1.29, 1.82) is 0 Å². The van der Waals surface area contributed by atoms with Gasteiger partial charge >= 0.3 is 0 Å². The van der Waals surface area contributed by atoms with Gasteiger partial charge < -0.3 is 15.5 Å². The van der Waals surface area contributed by atoms with Gasteiger partial charge in [0.25, 0.3) is 0 Å². The molecule has 4 heteroatoms. The SMILES string of the molecule is CN1CCC(CCN2CC(N)C2=O)CC1. The maximum atomic E-state index is 11.3. The first-order chi connectivity index (χ1) is 7.16. The van der Waals surface area contributed by atoms with Gasteiger partial charge in [-0.25, -0.2) is 0 Å². The number of β-lactam (4-membered cyclic amide) rings is 1. The second-order valence-electron chi connectivity index (χ2n) is 4.93. The van der Waals surface area contributed by atoms with Gasteiger partial charge in [-0.05, 0) is 45.3 Å². The molecule has 0 radical (unpaired) electrons. The van der Waals surface area contributed by atoms with Crippen molar-refractivity contribution in [2.45, 2.75) is 25.3 Å². The van der Waals surface area contributed by atoms with Crippen LogP contribution < -0.4 is 5.73 Å². The van der Waals surface area contributed by atoms with Gasteiger partial charge in [0, 0.05) is 13.1 Å². The summed E-state index contributed by atoms with van der Waals surface area (Å²) >= 11 is 0. The zero-order valence-electron chi connectivity index (χ0n) is 9.48. The zero-order valence-corrected chi connectivity index (χ0v) is 9.48. The fourth-order valence-corrected chi connectivity index (χ4v) is 2.42. The molecule has 2 fully saturated rings. The molecule has 0 bridgehead atoms. The average molecular weight is 211 g/mol. The van der Waals surface area contributed by atoms with Gasteiger partial charge in [-0.15, -0.1) is 0 Å². The molecule has 2 saturated heterocycles. The van der Waals surface area contributed by atoms with Gasteiger partial charge in [0.05, 0.1) is 0 Å². The van der Waals surface area contributed by atoms with E-state index in [0.29, 0.717) is 0 Å². The lowest BCUT2D eigenvalue weighted by atomic mass is 9.93. The van der Waals surface area contributed by atoms with E-state index >= 15 is 0 Å². The van der Waals surface area contributed by atoms with Crippen molar-refractivity contribution in [3.05, 3.63) is 0 Å². The summed E-state index contributed by atoms with van der Waals surface area (Å²) in [5.74, 6) is 0.953. The largest absolute Gasteiger partial charge is 0.339 e. The molecule has 1 unspecified atom stereocenters. The molecule has 0 saturated carbocycles. The molecule has 0 aromatic rings. The Hall–Kier alpha value is -0.610. The summed E-state index contributed by atoms with van der Waals surface area (Å²) in [5, 5.41) is 0. The van der Waals surface area contributed by atoms with Crippen LogP contribution in [0.25, 0.3) is 0 Å². The Morgan fingerprint density at radius 3 is 2.60 bits per heavy atom. The van der Waals surface area contributed by atoms with E-state index in [1.165, 1.54) is 25.9 Å². The van der Waals surface area contributed by atoms with Crippen molar-refractivity contribution in [2.24, 2.45) is 11.7 Å². The number of piperidine rings is 1. The molecule has 2 heterocycles. The molecular weight excluding hydrogens is 190 g/mol. The molecule has 2 N–H and O–H groups in total. The molecule has 1 atom stereocenters. The normalized spacial score (nSPS) is 29.3. The summed E-state index contributed by atoms with van der Waals surface area (Å²) in [6.07, 6.45) is 3.72. The van der Waals surface area contributed by atoms with E-state index in [1.54, 1.807) is 0 Å². The Balaban J connectivity index is 1.64. The predicted octanol–water partition coefficient (Wildman–Crippen LogP) is -0.112. The minimum Gasteiger partial charge on any atom is -0.339 e. The highest BCUT2D eigenvalue weighted by Crippen LogP contribution is 2.21. The summed E-state index contributed by atoms with van der Waals surface area (Å²) in [4.78, 5) is 15.5. The number of carbonyl (C=O) groups is 1. The van der Waals surface area contributed by atoms with Gasteiger partial charge in [0.2, 0.25) is 5.91 Å². The van der Waals surface area contributed by atoms with Crippen LogP contribution in [0.1, 0.15) is 19.3 Å². The number of nitrogens with two attached hydrogens (primary N) is 1. The molecule has 2 aliphatic rings. The third-order valence-corrected chi connectivity index (χ3v) is 3.69. The minimum atomic E-state index is -0.206. The standard InChI is InChI=1S/C11H21N3O/c1-13-5-2-9(3-6-13)4-7-14-8-10(12)11(14)15/h9-10H,2-8,12H2,1H3. The highest BCUT2D eigenvalue weighted by molar-refractivity contribution is 5.87. The third kappa shape index (κ3) is 2.49. The summed E-state index contributed by atoms with van der Waals surface area (Å²) < 4.78 is 0. The smallest absolute Gasteiger partial charge is 0.241 e. The fourth-order valence-electron chi connectivity index (χ4n) is 2.42. The lowest BCUT2D eigenvalue weighted by Gasteiger charge is -2.38. The van der Waals surface area contributed by atoms with Gasteiger partial charge in [0.1, 0.15) is 6.04 Å². The molecule has 15 heavy (non-hydrogen) atoms. The number of likely N-dealkylation sites (tertiary alicyclic amines) is 2. The molecule has 0 aromatic heterocycles. The highest BCUT2D eigenvalue weighted by Gasteiger charge is 2.33. The molecule has 0 spiro atoms. The first kappa shape index (κ1) is 10.9. The van der Waals surface area contributed by atoms with Gasteiger partial charge in [-0.2, -0.15) is 0 Å². The fraction of sp³-hybridized carbons (Fsp3) is 0.909. The molecule has 1 amide bonds. The van der Waals surface area contributed by atoms with Crippen molar-refractivity contribution < 1.29 is 4.79 Å². The van der Waals surface area contributed by atoms with Crippen LogP contribution in [0.4, 0.5) is 0 Å². The van der Waals surface area contributed by atoms with Crippen LogP contribution in [0.15, 0.2) is 0 Å². The van der Waals surface area contributed by atoms with Gasteiger partial charge in [0.15, 0.2) is 0 Å². The number of hydrogen-bond donors (Lipinski definition) is 1. The van der Waals surface area contributed by atoms with Crippen LogP contribution in [0, 0.1) is 5.92 Å². The minimum absolute atomic E-state index is 0.142. The molecule has 2 aliphatic heterocycles. The van der Waals surface area contributed by atoms with E-state index in [-0.39, 0.29) is 11.9 Å². The van der Waals surface area contributed by atoms with Crippen molar-refractivity contribution >= 4 is 5.91 Å². The summed E-state index contributed by atoms with van der Waals surface area (Å²) in [7, 11) is 2.17. The van der Waals surface area contributed by atoms with E-state index in [2.05, 4.69) is 11.9 Å².